The molecule has 0 aliphatic rings. The third-order valence-corrected chi connectivity index (χ3v) is 6.09. The van der Waals surface area contributed by atoms with Crippen molar-refractivity contribution in [3.05, 3.63) is 81.0 Å². The molecule has 32 heavy (non-hydrogen) atoms. The fourth-order valence-electron chi connectivity index (χ4n) is 3.31. The van der Waals surface area contributed by atoms with Gasteiger partial charge in [0.05, 0.1) is 6.54 Å². The van der Waals surface area contributed by atoms with Crippen molar-refractivity contribution in [2.45, 2.75) is 13.1 Å². The van der Waals surface area contributed by atoms with Crippen molar-refractivity contribution in [1.29, 1.82) is 0 Å². The summed E-state index contributed by atoms with van der Waals surface area (Å²) in [6.07, 6.45) is 0. The van der Waals surface area contributed by atoms with Gasteiger partial charge in [0.2, 0.25) is 0 Å². The van der Waals surface area contributed by atoms with Gasteiger partial charge in [0.1, 0.15) is 5.52 Å². The lowest BCUT2D eigenvalue weighted by atomic mass is 10.1. The Bertz CT molecular complexity index is 1190. The van der Waals surface area contributed by atoms with E-state index < -0.39 is 0 Å². The van der Waals surface area contributed by atoms with Crippen LogP contribution < -0.4 is 5.32 Å². The number of anilines is 1. The van der Waals surface area contributed by atoms with E-state index in [-0.39, 0.29) is 5.91 Å². The minimum atomic E-state index is -0.0152. The zero-order chi connectivity index (χ0) is 22.5. The van der Waals surface area contributed by atoms with Crippen LogP contribution in [0.4, 0.5) is 6.01 Å². The molecule has 2 heterocycles. The number of hydrogen-bond donors (Lipinski definition) is 1. The average molecular weight is 469 g/mol. The zero-order valence-corrected chi connectivity index (χ0v) is 19.6. The summed E-state index contributed by atoms with van der Waals surface area (Å²) in [7, 11) is 4.01. The molecule has 0 aliphatic heterocycles. The summed E-state index contributed by atoms with van der Waals surface area (Å²) in [5, 5.41) is 5.89. The standard InChI is InChI=1S/C24H25ClN4O2S/c1-28(2)10-11-29(16-20-7-4-12-32-20)23(30)18-8-9-22-21(14-18)27-24(31-22)26-15-17-5-3-6-19(25)13-17/h3-9,12-14H,10-11,15-16H2,1-2H3,(H,26,27). The van der Waals surface area contributed by atoms with Gasteiger partial charge < -0.3 is 19.5 Å². The van der Waals surface area contributed by atoms with Gasteiger partial charge in [-0.3, -0.25) is 4.79 Å². The smallest absolute Gasteiger partial charge is 0.295 e. The highest BCUT2D eigenvalue weighted by Gasteiger charge is 2.18. The fraction of sp³-hybridized carbons (Fsp3) is 0.250. The van der Waals surface area contributed by atoms with Gasteiger partial charge in [-0.05, 0) is 61.4 Å². The number of benzene rings is 2. The maximum Gasteiger partial charge on any atom is 0.295 e. The van der Waals surface area contributed by atoms with E-state index in [1.807, 2.05) is 54.7 Å². The van der Waals surface area contributed by atoms with Crippen LogP contribution in [0.1, 0.15) is 20.8 Å². The molecule has 2 aromatic carbocycles. The summed E-state index contributed by atoms with van der Waals surface area (Å²) in [4.78, 5) is 22.9. The topological polar surface area (TPSA) is 61.6 Å². The Morgan fingerprint density at radius 1 is 1.12 bits per heavy atom. The number of oxazole rings is 1. The third-order valence-electron chi connectivity index (χ3n) is 5.00. The molecule has 4 rings (SSSR count). The monoisotopic (exact) mass is 468 g/mol. The van der Waals surface area contributed by atoms with Crippen LogP contribution in [0.2, 0.25) is 5.02 Å². The highest BCUT2D eigenvalue weighted by Crippen LogP contribution is 2.23. The van der Waals surface area contributed by atoms with Crippen LogP contribution in [0.25, 0.3) is 11.1 Å². The van der Waals surface area contributed by atoms with Crippen molar-refractivity contribution in [3.63, 3.8) is 0 Å². The molecule has 0 fully saturated rings. The molecular weight excluding hydrogens is 444 g/mol. The van der Waals surface area contributed by atoms with Gasteiger partial charge >= 0.3 is 0 Å². The number of carbonyl (C=O) groups is 1. The van der Waals surface area contributed by atoms with Crippen molar-refractivity contribution in [1.82, 2.24) is 14.8 Å². The van der Waals surface area contributed by atoms with Crippen LogP contribution in [0, 0.1) is 0 Å². The number of rotatable bonds is 9. The first kappa shape index (κ1) is 22.3. The SMILES string of the molecule is CN(C)CCN(Cc1cccs1)C(=O)c1ccc2oc(NCc3cccc(Cl)c3)nc2c1. The largest absolute Gasteiger partial charge is 0.424 e. The fourth-order valence-corrected chi connectivity index (χ4v) is 4.24. The van der Waals surface area contributed by atoms with E-state index in [0.717, 1.165) is 17.0 Å². The molecule has 1 amide bonds. The number of nitrogens with one attached hydrogen (secondary N) is 1. The quantitative estimate of drug-likeness (QED) is 0.358. The van der Waals surface area contributed by atoms with Gasteiger partial charge in [-0.1, -0.05) is 29.8 Å². The maximum atomic E-state index is 13.3. The Morgan fingerprint density at radius 2 is 2.00 bits per heavy atom. The first-order valence-corrected chi connectivity index (χ1v) is 11.6. The van der Waals surface area contributed by atoms with E-state index in [4.69, 9.17) is 16.0 Å². The minimum Gasteiger partial charge on any atom is -0.424 e. The second kappa shape index (κ2) is 10.2. The Kier molecular flexibility index (Phi) is 7.09. The summed E-state index contributed by atoms with van der Waals surface area (Å²) < 4.78 is 5.79. The van der Waals surface area contributed by atoms with E-state index in [9.17, 15) is 4.79 Å². The van der Waals surface area contributed by atoms with Crippen LogP contribution in [0.5, 0.6) is 0 Å². The van der Waals surface area contributed by atoms with Gasteiger partial charge in [-0.15, -0.1) is 11.3 Å². The molecule has 0 saturated carbocycles. The second-order valence-electron chi connectivity index (χ2n) is 7.79. The van der Waals surface area contributed by atoms with Crippen LogP contribution >= 0.6 is 22.9 Å². The highest BCUT2D eigenvalue weighted by molar-refractivity contribution is 7.09. The van der Waals surface area contributed by atoms with Crippen LogP contribution in [-0.4, -0.2) is 47.9 Å². The molecule has 8 heteroatoms. The Morgan fingerprint density at radius 3 is 2.75 bits per heavy atom. The number of halogens is 1. The lowest BCUT2D eigenvalue weighted by Crippen LogP contribution is -2.36. The Balaban J connectivity index is 1.50. The van der Waals surface area contributed by atoms with E-state index in [2.05, 4.69) is 21.3 Å². The Labute approximate surface area is 196 Å². The summed E-state index contributed by atoms with van der Waals surface area (Å²) >= 11 is 7.70. The number of nitrogens with zero attached hydrogens (tertiary/aromatic N) is 3. The van der Waals surface area contributed by atoms with E-state index in [0.29, 0.717) is 47.3 Å². The van der Waals surface area contributed by atoms with Crippen molar-refractivity contribution in [3.8, 4) is 0 Å². The number of likely N-dealkylation sites (N-methyl/N-ethyl adjacent to an activating group) is 1. The molecule has 0 saturated heterocycles. The van der Waals surface area contributed by atoms with E-state index in [1.54, 1.807) is 29.5 Å². The first-order valence-electron chi connectivity index (χ1n) is 10.3. The average Bonchev–Trinajstić information content (AvgIpc) is 3.43. The van der Waals surface area contributed by atoms with E-state index in [1.165, 1.54) is 0 Å². The number of amides is 1. The molecule has 1 N–H and O–H groups in total. The van der Waals surface area contributed by atoms with Gasteiger partial charge in [0, 0.05) is 35.1 Å². The molecule has 0 aliphatic carbocycles. The summed E-state index contributed by atoms with van der Waals surface area (Å²) in [6, 6.07) is 17.5. The number of fused-ring (bicyclic) bond motifs is 1. The predicted octanol–water partition coefficient (Wildman–Crippen LogP) is 5.36. The molecule has 4 aromatic rings. The molecule has 0 bridgehead atoms. The van der Waals surface area contributed by atoms with Crippen LogP contribution in [0.3, 0.4) is 0 Å². The molecule has 0 unspecified atom stereocenters. The number of aromatic nitrogens is 1. The van der Waals surface area contributed by atoms with Crippen molar-refractivity contribution in [2.75, 3.05) is 32.5 Å². The summed E-state index contributed by atoms with van der Waals surface area (Å²) in [5.74, 6) is -0.0152. The molecule has 0 spiro atoms. The van der Waals surface area contributed by atoms with Crippen molar-refractivity contribution in [2.24, 2.45) is 0 Å². The number of hydrogen-bond acceptors (Lipinski definition) is 6. The van der Waals surface area contributed by atoms with Gasteiger partial charge in [0.15, 0.2) is 5.58 Å². The van der Waals surface area contributed by atoms with Crippen molar-refractivity contribution >= 4 is 46.0 Å². The molecule has 2 aromatic heterocycles. The minimum absolute atomic E-state index is 0.0152. The second-order valence-corrected chi connectivity index (χ2v) is 9.26. The number of thiophene rings is 1. The van der Waals surface area contributed by atoms with Crippen LogP contribution in [0.15, 0.2) is 64.4 Å². The van der Waals surface area contributed by atoms with Gasteiger partial charge in [0.25, 0.3) is 11.9 Å². The van der Waals surface area contributed by atoms with Gasteiger partial charge in [-0.2, -0.15) is 4.98 Å². The zero-order valence-electron chi connectivity index (χ0n) is 18.0. The highest BCUT2D eigenvalue weighted by atomic mass is 35.5. The molecule has 6 nitrogen and oxygen atoms in total. The third kappa shape index (κ3) is 5.68. The molecule has 0 radical (unpaired) electrons. The lowest BCUT2D eigenvalue weighted by Gasteiger charge is -2.24. The van der Waals surface area contributed by atoms with Crippen molar-refractivity contribution < 1.29 is 9.21 Å². The molecule has 0 atom stereocenters. The first-order chi connectivity index (χ1) is 15.5. The molecule has 166 valence electrons. The predicted molar refractivity (Wildman–Crippen MR) is 130 cm³/mol. The maximum absolute atomic E-state index is 13.3. The lowest BCUT2D eigenvalue weighted by molar-refractivity contribution is 0.0734. The van der Waals surface area contributed by atoms with Crippen LogP contribution in [-0.2, 0) is 13.1 Å². The summed E-state index contributed by atoms with van der Waals surface area (Å²) in [6.45, 7) is 2.57. The normalized spacial score (nSPS) is 11.2. The molecular formula is C24H25ClN4O2S. The van der Waals surface area contributed by atoms with Gasteiger partial charge in [-0.25, -0.2) is 0 Å². The summed E-state index contributed by atoms with van der Waals surface area (Å²) in [5.41, 5.74) is 2.91. The van der Waals surface area contributed by atoms with E-state index >= 15 is 0 Å². The number of carbonyl (C=O) groups excluding carboxylic acids is 1. The Hall–Kier alpha value is -2.87.